The van der Waals surface area contributed by atoms with Crippen LogP contribution >= 0.6 is 11.6 Å². The molecule has 1 aliphatic rings. The lowest BCUT2D eigenvalue weighted by Gasteiger charge is -2.21. The van der Waals surface area contributed by atoms with Crippen molar-refractivity contribution in [3.63, 3.8) is 0 Å². The molecule has 22 heavy (non-hydrogen) atoms. The molecule has 0 saturated heterocycles. The van der Waals surface area contributed by atoms with Gasteiger partial charge in [0.15, 0.2) is 0 Å². The maximum Gasteiger partial charge on any atom is 0.283 e. The van der Waals surface area contributed by atoms with Gasteiger partial charge in [-0.15, -0.1) is 0 Å². The summed E-state index contributed by atoms with van der Waals surface area (Å²) in [6.45, 7) is 0.551. The minimum Gasteiger partial charge on any atom is -0.352 e. The predicted octanol–water partition coefficient (Wildman–Crippen LogP) is 4.34. The molecule has 1 aromatic rings. The van der Waals surface area contributed by atoms with E-state index in [1.54, 1.807) is 0 Å². The summed E-state index contributed by atoms with van der Waals surface area (Å²) in [5.74, 6) is 0.363. The molecule has 0 atom stereocenters. The van der Waals surface area contributed by atoms with Gasteiger partial charge in [-0.2, -0.15) is 0 Å². The summed E-state index contributed by atoms with van der Waals surface area (Å²) in [6, 6.07) is 4.10. The van der Waals surface area contributed by atoms with Crippen molar-refractivity contribution in [2.75, 3.05) is 6.54 Å². The Hall–Kier alpha value is -1.62. The average molecular weight is 325 g/mol. The van der Waals surface area contributed by atoms with Crippen molar-refractivity contribution in [2.24, 2.45) is 5.92 Å². The first-order valence-electron chi connectivity index (χ1n) is 7.80. The van der Waals surface area contributed by atoms with Gasteiger partial charge in [0.05, 0.1) is 4.92 Å². The molecule has 2 rings (SSSR count). The van der Waals surface area contributed by atoms with Crippen LogP contribution in [0.15, 0.2) is 18.2 Å². The van der Waals surface area contributed by atoms with Crippen LogP contribution in [-0.4, -0.2) is 17.4 Å². The van der Waals surface area contributed by atoms with E-state index in [1.165, 1.54) is 50.3 Å². The third-order valence-corrected chi connectivity index (χ3v) is 4.44. The molecule has 6 heteroatoms. The second-order valence-electron chi connectivity index (χ2n) is 5.82. The van der Waals surface area contributed by atoms with Crippen molar-refractivity contribution in [3.05, 3.63) is 38.9 Å². The number of halogens is 1. The molecular weight excluding hydrogens is 304 g/mol. The Kier molecular flexibility index (Phi) is 6.19. The Bertz CT molecular complexity index is 542. The quantitative estimate of drug-likeness (QED) is 0.480. The number of benzene rings is 1. The zero-order valence-electron chi connectivity index (χ0n) is 12.5. The SMILES string of the molecule is O=C(NCCCC1CCCCC1)c1ccc(Cl)cc1[N+](=O)[O-]. The van der Waals surface area contributed by atoms with Crippen molar-refractivity contribution in [1.29, 1.82) is 0 Å². The largest absolute Gasteiger partial charge is 0.352 e. The van der Waals surface area contributed by atoms with E-state index in [1.807, 2.05) is 0 Å². The highest BCUT2D eigenvalue weighted by molar-refractivity contribution is 6.31. The number of rotatable bonds is 6. The fourth-order valence-corrected chi connectivity index (χ4v) is 3.18. The molecule has 1 saturated carbocycles. The molecule has 0 radical (unpaired) electrons. The Morgan fingerprint density at radius 2 is 2.05 bits per heavy atom. The highest BCUT2D eigenvalue weighted by atomic mass is 35.5. The number of carbonyl (C=O) groups is 1. The van der Waals surface area contributed by atoms with Gasteiger partial charge in [0.2, 0.25) is 0 Å². The van der Waals surface area contributed by atoms with Gasteiger partial charge in [0.25, 0.3) is 11.6 Å². The van der Waals surface area contributed by atoms with Crippen LogP contribution in [0.25, 0.3) is 0 Å². The number of hydrogen-bond acceptors (Lipinski definition) is 3. The van der Waals surface area contributed by atoms with Gasteiger partial charge in [-0.1, -0.05) is 43.7 Å². The first-order valence-corrected chi connectivity index (χ1v) is 8.18. The first kappa shape index (κ1) is 16.7. The van der Waals surface area contributed by atoms with Crippen molar-refractivity contribution < 1.29 is 9.72 Å². The van der Waals surface area contributed by atoms with Crippen LogP contribution in [0.5, 0.6) is 0 Å². The molecule has 1 fully saturated rings. The second-order valence-corrected chi connectivity index (χ2v) is 6.26. The smallest absolute Gasteiger partial charge is 0.283 e. The Morgan fingerprint density at radius 1 is 1.32 bits per heavy atom. The number of carbonyl (C=O) groups excluding carboxylic acids is 1. The number of amides is 1. The monoisotopic (exact) mass is 324 g/mol. The Labute approximate surface area is 135 Å². The lowest BCUT2D eigenvalue weighted by Crippen LogP contribution is -2.25. The van der Waals surface area contributed by atoms with Crippen LogP contribution in [0.4, 0.5) is 5.69 Å². The molecule has 120 valence electrons. The summed E-state index contributed by atoms with van der Waals surface area (Å²) in [4.78, 5) is 22.5. The molecular formula is C16H21ClN2O3. The first-order chi connectivity index (χ1) is 10.6. The molecule has 1 aliphatic carbocycles. The number of nitrogens with zero attached hydrogens (tertiary/aromatic N) is 1. The maximum atomic E-state index is 12.1. The van der Waals surface area contributed by atoms with E-state index in [9.17, 15) is 14.9 Å². The molecule has 1 N–H and O–H groups in total. The van der Waals surface area contributed by atoms with Crippen molar-refractivity contribution in [2.45, 2.75) is 44.9 Å². The van der Waals surface area contributed by atoms with E-state index in [2.05, 4.69) is 5.32 Å². The molecule has 5 nitrogen and oxygen atoms in total. The van der Waals surface area contributed by atoms with Gasteiger partial charge < -0.3 is 5.32 Å². The van der Waals surface area contributed by atoms with E-state index < -0.39 is 10.8 Å². The topological polar surface area (TPSA) is 72.2 Å². The minimum atomic E-state index is -0.581. The zero-order chi connectivity index (χ0) is 15.9. The third kappa shape index (κ3) is 4.70. The predicted molar refractivity (Wildman–Crippen MR) is 86.2 cm³/mol. The fraction of sp³-hybridized carbons (Fsp3) is 0.562. The number of nitro groups is 1. The summed E-state index contributed by atoms with van der Waals surface area (Å²) in [5.41, 5.74) is -0.190. The van der Waals surface area contributed by atoms with Gasteiger partial charge in [-0.3, -0.25) is 14.9 Å². The Morgan fingerprint density at radius 3 is 2.73 bits per heavy atom. The van der Waals surface area contributed by atoms with Gasteiger partial charge in [-0.25, -0.2) is 0 Å². The van der Waals surface area contributed by atoms with E-state index in [4.69, 9.17) is 11.6 Å². The molecule has 0 unspecified atom stereocenters. The molecule has 1 aromatic carbocycles. The standard InChI is InChI=1S/C16H21ClN2O3/c17-13-8-9-14(15(11-13)19(21)22)16(20)18-10-4-7-12-5-2-1-3-6-12/h8-9,11-12H,1-7,10H2,(H,18,20). The maximum absolute atomic E-state index is 12.1. The van der Waals surface area contributed by atoms with E-state index >= 15 is 0 Å². The van der Waals surface area contributed by atoms with E-state index in [0.29, 0.717) is 6.54 Å². The Balaban J connectivity index is 1.83. The van der Waals surface area contributed by atoms with Gasteiger partial charge in [0, 0.05) is 17.6 Å². The molecule has 0 aliphatic heterocycles. The van der Waals surface area contributed by atoms with Crippen molar-refractivity contribution in [3.8, 4) is 0 Å². The molecule has 0 heterocycles. The number of nitrogens with one attached hydrogen (secondary N) is 1. The van der Waals surface area contributed by atoms with Crippen LogP contribution in [0.3, 0.4) is 0 Å². The molecule has 0 spiro atoms. The van der Waals surface area contributed by atoms with Gasteiger partial charge in [0.1, 0.15) is 5.56 Å². The number of hydrogen-bond donors (Lipinski definition) is 1. The van der Waals surface area contributed by atoms with Crippen molar-refractivity contribution >= 4 is 23.2 Å². The minimum absolute atomic E-state index is 0.0621. The fourth-order valence-electron chi connectivity index (χ4n) is 3.01. The average Bonchev–Trinajstić information content (AvgIpc) is 2.52. The van der Waals surface area contributed by atoms with E-state index in [-0.39, 0.29) is 16.3 Å². The van der Waals surface area contributed by atoms with Gasteiger partial charge >= 0.3 is 0 Å². The highest BCUT2D eigenvalue weighted by Crippen LogP contribution is 2.27. The summed E-state index contributed by atoms with van der Waals surface area (Å²) in [7, 11) is 0. The highest BCUT2D eigenvalue weighted by Gasteiger charge is 2.20. The summed E-state index contributed by atoms with van der Waals surface area (Å²) >= 11 is 5.74. The summed E-state index contributed by atoms with van der Waals surface area (Å²) in [5, 5.41) is 14.0. The van der Waals surface area contributed by atoms with Crippen LogP contribution in [0.2, 0.25) is 5.02 Å². The molecule has 0 bridgehead atoms. The van der Waals surface area contributed by atoms with Crippen LogP contribution < -0.4 is 5.32 Å². The second kappa shape index (κ2) is 8.13. The molecule has 1 amide bonds. The summed E-state index contributed by atoms with van der Waals surface area (Å²) in [6.07, 6.45) is 8.57. The number of nitro benzene ring substituents is 1. The zero-order valence-corrected chi connectivity index (χ0v) is 13.3. The molecule has 0 aromatic heterocycles. The van der Waals surface area contributed by atoms with E-state index in [0.717, 1.165) is 18.8 Å². The summed E-state index contributed by atoms with van der Waals surface area (Å²) < 4.78 is 0. The van der Waals surface area contributed by atoms with Crippen LogP contribution in [0, 0.1) is 16.0 Å². The lowest BCUT2D eigenvalue weighted by atomic mass is 9.86. The lowest BCUT2D eigenvalue weighted by molar-refractivity contribution is -0.385. The third-order valence-electron chi connectivity index (χ3n) is 4.20. The normalized spacial score (nSPS) is 15.5. The van der Waals surface area contributed by atoms with Crippen molar-refractivity contribution in [1.82, 2.24) is 5.32 Å². The van der Waals surface area contributed by atoms with Gasteiger partial charge in [-0.05, 0) is 30.9 Å². The van der Waals surface area contributed by atoms with Crippen LogP contribution in [0.1, 0.15) is 55.3 Å². The van der Waals surface area contributed by atoms with Crippen LogP contribution in [-0.2, 0) is 0 Å².